The van der Waals surface area contributed by atoms with Gasteiger partial charge >= 0.3 is 5.97 Å². The first-order valence-electron chi connectivity index (χ1n) is 19.7. The highest BCUT2D eigenvalue weighted by Crippen LogP contribution is 2.44. The Hall–Kier alpha value is -0.610. The Morgan fingerprint density at radius 3 is 2.11 bits per heavy atom. The van der Waals surface area contributed by atoms with E-state index < -0.39 is 0 Å². The highest BCUT2D eigenvalue weighted by molar-refractivity contribution is 5.72. The van der Waals surface area contributed by atoms with E-state index >= 15 is 0 Å². The van der Waals surface area contributed by atoms with Crippen LogP contribution < -0.4 is 0 Å². The highest BCUT2D eigenvalue weighted by Gasteiger charge is 2.35. The van der Waals surface area contributed by atoms with Crippen LogP contribution in [0.2, 0.25) is 0 Å². The molecule has 0 aromatic heterocycles. The number of ether oxygens (including phenoxy) is 1. The van der Waals surface area contributed by atoms with Crippen molar-refractivity contribution in [2.24, 2.45) is 41.4 Å². The summed E-state index contributed by atoms with van der Waals surface area (Å²) >= 11 is 0. The van der Waals surface area contributed by atoms with Crippen LogP contribution in [0, 0.1) is 53.3 Å². The van der Waals surface area contributed by atoms with Gasteiger partial charge in [0.25, 0.3) is 0 Å². The lowest BCUT2D eigenvalue weighted by molar-refractivity contribution is -0.346. The topological polar surface area (TPSA) is 44.8 Å². The molecule has 252 valence electrons. The predicted molar refractivity (Wildman–Crippen MR) is 179 cm³/mol. The Morgan fingerprint density at radius 2 is 1.43 bits per heavy atom. The van der Waals surface area contributed by atoms with Crippen molar-refractivity contribution in [1.29, 1.82) is 0 Å². The summed E-state index contributed by atoms with van der Waals surface area (Å²) in [5.74, 6) is 8.34. The Bertz CT molecular complexity index is 775. The van der Waals surface area contributed by atoms with E-state index in [2.05, 4.69) is 13.8 Å². The third-order valence-corrected chi connectivity index (χ3v) is 13.0. The van der Waals surface area contributed by atoms with E-state index in [1.54, 1.807) is 5.92 Å². The third-order valence-electron chi connectivity index (χ3n) is 13.0. The molecule has 44 heavy (non-hydrogen) atoms. The molecular formula is C40H68O4. The molecule has 5 saturated carbocycles. The summed E-state index contributed by atoms with van der Waals surface area (Å²) in [5, 5.41) is 0. The number of unbranched alkanes of at least 4 members (excludes halogenated alkanes) is 2. The monoisotopic (exact) mass is 613 g/mol. The van der Waals surface area contributed by atoms with Crippen LogP contribution in [0.5, 0.6) is 0 Å². The number of hydrogen-bond donors (Lipinski definition) is 0. The molecule has 0 heterocycles. The normalized spacial score (nSPS) is 31.6. The average Bonchev–Trinajstić information content (AvgIpc) is 3.08. The Labute approximate surface area is 271 Å². The van der Waals surface area contributed by atoms with Crippen LogP contribution in [0.1, 0.15) is 174 Å². The van der Waals surface area contributed by atoms with Gasteiger partial charge in [0, 0.05) is 0 Å². The van der Waals surface area contributed by atoms with Gasteiger partial charge in [-0.2, -0.15) is 0 Å². The standard InChI is InChI=1S/C40H68O4/c1-3-4-6-9-31-14-20-34(21-15-31)35-22-16-32(17-23-35)28-43-44-39(37-10-7-5-8-11-37)29-42-40(41)38-26-24-36(25-27-38)33-18-12-30(2)13-19-33/h30,32,34-39H,3-29H2,1-2H3. The van der Waals surface area contributed by atoms with E-state index in [0.29, 0.717) is 25.0 Å². The second-order valence-electron chi connectivity index (χ2n) is 16.2. The predicted octanol–water partition coefficient (Wildman–Crippen LogP) is 11.2. The van der Waals surface area contributed by atoms with Crippen LogP contribution in [-0.2, 0) is 19.3 Å². The van der Waals surface area contributed by atoms with Crippen molar-refractivity contribution in [2.75, 3.05) is 13.2 Å². The van der Waals surface area contributed by atoms with Crippen molar-refractivity contribution in [3.8, 4) is 0 Å². The lowest BCUT2D eigenvalue weighted by atomic mass is 9.69. The van der Waals surface area contributed by atoms with Gasteiger partial charge in [-0.15, -0.1) is 0 Å². The summed E-state index contributed by atoms with van der Waals surface area (Å²) in [6, 6.07) is 0. The van der Waals surface area contributed by atoms with E-state index in [1.807, 2.05) is 5.92 Å². The molecule has 2 radical (unpaired) electrons. The van der Waals surface area contributed by atoms with Gasteiger partial charge < -0.3 is 4.74 Å². The van der Waals surface area contributed by atoms with Crippen molar-refractivity contribution in [3.63, 3.8) is 0 Å². The summed E-state index contributed by atoms with van der Waals surface area (Å²) in [5.41, 5.74) is 0. The smallest absolute Gasteiger partial charge is 0.309 e. The summed E-state index contributed by atoms with van der Waals surface area (Å²) in [6.07, 6.45) is 32.3. The number of esters is 1. The first-order chi connectivity index (χ1) is 21.6. The molecular weight excluding hydrogens is 544 g/mol. The molecule has 0 aliphatic heterocycles. The molecule has 4 nitrogen and oxygen atoms in total. The molecule has 0 aromatic carbocycles. The molecule has 0 saturated heterocycles. The number of carbonyl (C=O) groups is 1. The molecule has 5 fully saturated rings. The number of rotatable bonds is 14. The second kappa shape index (κ2) is 18.7. The van der Waals surface area contributed by atoms with Crippen molar-refractivity contribution >= 4 is 5.97 Å². The van der Waals surface area contributed by atoms with Gasteiger partial charge in [-0.1, -0.05) is 65.2 Å². The first kappa shape index (κ1) is 34.7. The molecule has 0 N–H and O–H groups in total. The van der Waals surface area contributed by atoms with Gasteiger partial charge in [0.15, 0.2) is 0 Å². The van der Waals surface area contributed by atoms with Crippen molar-refractivity contribution in [2.45, 2.75) is 180 Å². The van der Waals surface area contributed by atoms with Crippen LogP contribution in [-0.4, -0.2) is 25.3 Å². The third kappa shape index (κ3) is 10.7. The molecule has 5 aliphatic carbocycles. The molecule has 1 atom stereocenters. The maximum Gasteiger partial charge on any atom is 0.309 e. The van der Waals surface area contributed by atoms with Crippen molar-refractivity contribution in [3.05, 3.63) is 11.8 Å². The van der Waals surface area contributed by atoms with Crippen molar-refractivity contribution < 1.29 is 19.3 Å². The fourth-order valence-electron chi connectivity index (χ4n) is 9.75. The van der Waals surface area contributed by atoms with E-state index in [0.717, 1.165) is 49.4 Å². The van der Waals surface area contributed by atoms with Crippen LogP contribution in [0.25, 0.3) is 0 Å². The first-order valence-corrected chi connectivity index (χ1v) is 19.7. The zero-order valence-electron chi connectivity index (χ0n) is 28.8. The van der Waals surface area contributed by atoms with Crippen LogP contribution in [0.15, 0.2) is 0 Å². The van der Waals surface area contributed by atoms with Gasteiger partial charge in [0.2, 0.25) is 0 Å². The molecule has 0 bridgehead atoms. The molecule has 0 amide bonds. The summed E-state index contributed by atoms with van der Waals surface area (Å²) in [4.78, 5) is 25.3. The average molecular weight is 613 g/mol. The number of carbonyl (C=O) groups excluding carboxylic acids is 1. The fourth-order valence-corrected chi connectivity index (χ4v) is 9.75. The molecule has 0 aromatic rings. The van der Waals surface area contributed by atoms with E-state index in [1.165, 1.54) is 135 Å². The van der Waals surface area contributed by atoms with Gasteiger partial charge in [-0.3, -0.25) is 4.79 Å². The van der Waals surface area contributed by atoms with E-state index in [-0.39, 0.29) is 18.0 Å². The van der Waals surface area contributed by atoms with Gasteiger partial charge in [-0.05, 0) is 156 Å². The van der Waals surface area contributed by atoms with E-state index in [9.17, 15) is 4.79 Å². The summed E-state index contributed by atoms with van der Waals surface area (Å²) in [7, 11) is 0. The SMILES string of the molecule is CCCCC[C]1CCC(C2CCC(COOC(COC(=O)C3CCC([C]4CCC(C)CC4)CC3)C3CCCCC3)CC2)CC1. The van der Waals surface area contributed by atoms with Crippen molar-refractivity contribution in [1.82, 2.24) is 0 Å². The largest absolute Gasteiger partial charge is 0.463 e. The molecule has 0 spiro atoms. The van der Waals surface area contributed by atoms with Gasteiger partial charge in [0.05, 0.1) is 12.5 Å². The molecule has 4 heteroatoms. The Balaban J connectivity index is 0.981. The van der Waals surface area contributed by atoms with Crippen LogP contribution in [0.4, 0.5) is 0 Å². The summed E-state index contributed by atoms with van der Waals surface area (Å²) < 4.78 is 6.00. The van der Waals surface area contributed by atoms with Crippen LogP contribution in [0.3, 0.4) is 0 Å². The van der Waals surface area contributed by atoms with Gasteiger partial charge in [0.1, 0.15) is 12.7 Å². The minimum absolute atomic E-state index is 0.0156. The minimum Gasteiger partial charge on any atom is -0.463 e. The quantitative estimate of drug-likeness (QED) is 0.0847. The Kier molecular flexibility index (Phi) is 14.7. The zero-order valence-corrected chi connectivity index (χ0v) is 28.8. The lowest BCUT2D eigenvalue weighted by Crippen LogP contribution is -2.35. The molecule has 5 rings (SSSR count). The maximum atomic E-state index is 13.1. The number of hydrogen-bond acceptors (Lipinski definition) is 4. The second-order valence-corrected chi connectivity index (χ2v) is 16.2. The summed E-state index contributed by atoms with van der Waals surface area (Å²) in [6.45, 7) is 5.77. The maximum absolute atomic E-state index is 13.1. The van der Waals surface area contributed by atoms with Crippen LogP contribution >= 0.6 is 0 Å². The minimum atomic E-state index is -0.114. The van der Waals surface area contributed by atoms with E-state index in [4.69, 9.17) is 14.5 Å². The zero-order chi connectivity index (χ0) is 30.6. The highest BCUT2D eigenvalue weighted by atomic mass is 17.2. The molecule has 5 aliphatic rings. The fraction of sp³-hybridized carbons (Fsp3) is 0.925. The Morgan fingerprint density at radius 1 is 0.750 bits per heavy atom. The van der Waals surface area contributed by atoms with Gasteiger partial charge in [-0.25, -0.2) is 9.78 Å². The lowest BCUT2D eigenvalue weighted by Gasteiger charge is -2.38. The molecule has 1 unspecified atom stereocenters.